The van der Waals surface area contributed by atoms with Gasteiger partial charge in [-0.2, -0.15) is 11.8 Å². The summed E-state index contributed by atoms with van der Waals surface area (Å²) in [6, 6.07) is 6.59. The zero-order chi connectivity index (χ0) is 14.7. The van der Waals surface area contributed by atoms with Crippen molar-refractivity contribution >= 4 is 11.8 Å². The first-order chi connectivity index (χ1) is 10.3. The molecule has 4 heteroatoms. The van der Waals surface area contributed by atoms with E-state index in [9.17, 15) is 0 Å². The number of ether oxygens (including phenoxy) is 2. The predicted molar refractivity (Wildman–Crippen MR) is 88.6 cm³/mol. The summed E-state index contributed by atoms with van der Waals surface area (Å²) in [5.74, 6) is 4.34. The molecule has 0 radical (unpaired) electrons. The van der Waals surface area contributed by atoms with Crippen molar-refractivity contribution in [3.05, 3.63) is 23.8 Å². The van der Waals surface area contributed by atoms with Crippen LogP contribution in [0.4, 0.5) is 0 Å². The van der Waals surface area contributed by atoms with Crippen LogP contribution in [-0.2, 0) is 0 Å². The van der Waals surface area contributed by atoms with Crippen molar-refractivity contribution in [3.63, 3.8) is 0 Å². The fraction of sp³-hybridized carbons (Fsp3) is 0.647. The lowest BCUT2D eigenvalue weighted by Crippen LogP contribution is -2.47. The first-order valence-corrected chi connectivity index (χ1v) is 9.10. The van der Waals surface area contributed by atoms with Crippen LogP contribution in [0.5, 0.6) is 11.5 Å². The zero-order valence-electron chi connectivity index (χ0n) is 13.0. The minimum absolute atomic E-state index is 0.0237. The number of methoxy groups -OCH3 is 1. The topological polar surface area (TPSA) is 30.5 Å². The Balaban J connectivity index is 1.90. The van der Waals surface area contributed by atoms with E-state index in [1.165, 1.54) is 24.2 Å². The highest BCUT2D eigenvalue weighted by Gasteiger charge is 2.42. The molecule has 3 rings (SSSR count). The Bertz CT molecular complexity index is 486. The summed E-state index contributed by atoms with van der Waals surface area (Å²) in [6.45, 7) is 3.26. The summed E-state index contributed by atoms with van der Waals surface area (Å²) in [4.78, 5) is 0. The Hall–Kier alpha value is -0.870. The van der Waals surface area contributed by atoms with E-state index in [2.05, 4.69) is 24.4 Å². The lowest BCUT2D eigenvalue weighted by atomic mass is 9.85. The molecule has 116 valence electrons. The van der Waals surface area contributed by atoms with E-state index in [1.807, 2.05) is 17.8 Å². The SMILES string of the molecule is CCCNC1CC2(CCCSC2)Oc2ccc(OC)cc21. The molecule has 1 aromatic carbocycles. The van der Waals surface area contributed by atoms with Crippen molar-refractivity contribution in [2.24, 2.45) is 0 Å². The van der Waals surface area contributed by atoms with Gasteiger partial charge in [0.15, 0.2) is 0 Å². The lowest BCUT2D eigenvalue weighted by Gasteiger charge is -2.44. The largest absolute Gasteiger partial charge is 0.497 e. The minimum atomic E-state index is 0.0237. The van der Waals surface area contributed by atoms with Gasteiger partial charge in [0.25, 0.3) is 0 Å². The van der Waals surface area contributed by atoms with Crippen LogP contribution < -0.4 is 14.8 Å². The van der Waals surface area contributed by atoms with Crippen molar-refractivity contribution in [3.8, 4) is 11.5 Å². The lowest BCUT2D eigenvalue weighted by molar-refractivity contribution is 0.0412. The maximum atomic E-state index is 6.45. The molecule has 0 aromatic heterocycles. The second-order valence-corrected chi connectivity index (χ2v) is 7.16. The van der Waals surface area contributed by atoms with E-state index in [1.54, 1.807) is 7.11 Å². The second kappa shape index (κ2) is 6.49. The summed E-state index contributed by atoms with van der Waals surface area (Å²) < 4.78 is 11.8. The summed E-state index contributed by atoms with van der Waals surface area (Å²) in [7, 11) is 1.72. The van der Waals surface area contributed by atoms with Crippen LogP contribution in [0.3, 0.4) is 0 Å². The van der Waals surface area contributed by atoms with Crippen molar-refractivity contribution in [1.29, 1.82) is 0 Å². The number of fused-ring (bicyclic) bond motifs is 1. The summed E-state index contributed by atoms with van der Waals surface area (Å²) in [6.07, 6.45) is 4.66. The molecular formula is C17H25NO2S. The third kappa shape index (κ3) is 3.16. The molecule has 1 N–H and O–H groups in total. The number of thioether (sulfide) groups is 1. The van der Waals surface area contributed by atoms with Gasteiger partial charge < -0.3 is 14.8 Å². The van der Waals surface area contributed by atoms with Gasteiger partial charge in [-0.25, -0.2) is 0 Å². The summed E-state index contributed by atoms with van der Waals surface area (Å²) >= 11 is 2.03. The number of nitrogens with one attached hydrogen (secondary N) is 1. The van der Waals surface area contributed by atoms with Gasteiger partial charge in [0, 0.05) is 23.8 Å². The van der Waals surface area contributed by atoms with E-state index in [0.717, 1.165) is 36.6 Å². The quantitative estimate of drug-likeness (QED) is 0.917. The molecule has 2 aliphatic heterocycles. The number of benzene rings is 1. The number of rotatable bonds is 4. The zero-order valence-corrected chi connectivity index (χ0v) is 13.8. The van der Waals surface area contributed by atoms with E-state index in [4.69, 9.17) is 9.47 Å². The predicted octanol–water partition coefficient (Wildman–Crippen LogP) is 3.78. The van der Waals surface area contributed by atoms with Gasteiger partial charge in [0.1, 0.15) is 17.1 Å². The molecule has 1 fully saturated rings. The van der Waals surface area contributed by atoms with Crippen LogP contribution >= 0.6 is 11.8 Å². The fourth-order valence-corrected chi connectivity index (χ4v) is 4.53. The Morgan fingerprint density at radius 2 is 2.38 bits per heavy atom. The van der Waals surface area contributed by atoms with Crippen LogP contribution in [0.15, 0.2) is 18.2 Å². The first kappa shape index (κ1) is 15.0. The normalized spacial score (nSPS) is 28.0. The Morgan fingerprint density at radius 1 is 1.48 bits per heavy atom. The highest BCUT2D eigenvalue weighted by Crippen LogP contribution is 2.46. The van der Waals surface area contributed by atoms with Gasteiger partial charge in [0.05, 0.1) is 7.11 Å². The molecule has 1 saturated heterocycles. The van der Waals surface area contributed by atoms with E-state index in [-0.39, 0.29) is 5.60 Å². The van der Waals surface area contributed by atoms with Crippen molar-refractivity contribution in [2.45, 2.75) is 44.2 Å². The van der Waals surface area contributed by atoms with Crippen LogP contribution in [0, 0.1) is 0 Å². The van der Waals surface area contributed by atoms with Crippen molar-refractivity contribution in [1.82, 2.24) is 5.32 Å². The van der Waals surface area contributed by atoms with E-state index >= 15 is 0 Å². The summed E-state index contributed by atoms with van der Waals surface area (Å²) in [5.41, 5.74) is 1.28. The molecule has 0 aliphatic carbocycles. The van der Waals surface area contributed by atoms with Crippen molar-refractivity contribution in [2.75, 3.05) is 25.2 Å². The molecule has 1 aromatic rings. The maximum Gasteiger partial charge on any atom is 0.125 e. The number of hydrogen-bond donors (Lipinski definition) is 1. The van der Waals surface area contributed by atoms with Gasteiger partial charge in [-0.1, -0.05) is 6.92 Å². The van der Waals surface area contributed by atoms with Crippen LogP contribution in [0.1, 0.15) is 44.2 Å². The van der Waals surface area contributed by atoms with Gasteiger partial charge in [-0.05, 0) is 49.8 Å². The third-order valence-electron chi connectivity index (χ3n) is 4.42. The molecule has 2 atom stereocenters. The highest BCUT2D eigenvalue weighted by molar-refractivity contribution is 7.99. The molecule has 21 heavy (non-hydrogen) atoms. The molecule has 0 bridgehead atoms. The van der Waals surface area contributed by atoms with Gasteiger partial charge in [-0.15, -0.1) is 0 Å². The highest BCUT2D eigenvalue weighted by atomic mass is 32.2. The first-order valence-electron chi connectivity index (χ1n) is 7.94. The molecule has 2 heterocycles. The van der Waals surface area contributed by atoms with Crippen LogP contribution in [0.25, 0.3) is 0 Å². The average molecular weight is 307 g/mol. The molecule has 1 spiro atoms. The number of hydrogen-bond acceptors (Lipinski definition) is 4. The van der Waals surface area contributed by atoms with E-state index in [0.29, 0.717) is 6.04 Å². The standard InChI is InChI=1S/C17H25NO2S/c1-3-8-18-15-11-17(7-4-9-21-12-17)20-16-6-5-13(19-2)10-14(15)16/h5-6,10,15,18H,3-4,7-9,11-12H2,1-2H3. The Labute approximate surface area is 131 Å². The van der Waals surface area contributed by atoms with E-state index < -0.39 is 0 Å². The molecule has 0 amide bonds. The molecule has 0 saturated carbocycles. The maximum absolute atomic E-state index is 6.45. The van der Waals surface area contributed by atoms with Crippen LogP contribution in [0.2, 0.25) is 0 Å². The molecule has 2 aliphatic rings. The minimum Gasteiger partial charge on any atom is -0.497 e. The van der Waals surface area contributed by atoms with Gasteiger partial charge >= 0.3 is 0 Å². The van der Waals surface area contributed by atoms with Gasteiger partial charge in [0.2, 0.25) is 0 Å². The van der Waals surface area contributed by atoms with Crippen LogP contribution in [-0.4, -0.2) is 30.8 Å². The fourth-order valence-electron chi connectivity index (χ4n) is 3.34. The third-order valence-corrected chi connectivity index (χ3v) is 5.73. The molecular weight excluding hydrogens is 282 g/mol. The monoisotopic (exact) mass is 307 g/mol. The average Bonchev–Trinajstić information content (AvgIpc) is 2.53. The molecule has 3 nitrogen and oxygen atoms in total. The molecule has 2 unspecified atom stereocenters. The van der Waals surface area contributed by atoms with Gasteiger partial charge in [-0.3, -0.25) is 0 Å². The Morgan fingerprint density at radius 3 is 3.10 bits per heavy atom. The Kier molecular flexibility index (Phi) is 4.65. The smallest absolute Gasteiger partial charge is 0.125 e. The second-order valence-electron chi connectivity index (χ2n) is 6.06. The van der Waals surface area contributed by atoms with Crippen molar-refractivity contribution < 1.29 is 9.47 Å². The summed E-state index contributed by atoms with van der Waals surface area (Å²) in [5, 5.41) is 3.71.